The van der Waals surface area contributed by atoms with E-state index in [1.54, 1.807) is 24.3 Å². The van der Waals surface area contributed by atoms with E-state index >= 15 is 0 Å². The molecule has 2 atom stereocenters. The third-order valence-corrected chi connectivity index (χ3v) is 5.87. The Hall–Kier alpha value is -4.00. The van der Waals surface area contributed by atoms with E-state index in [4.69, 9.17) is 21.4 Å². The second-order valence-electron chi connectivity index (χ2n) is 8.18. The number of amides is 3. The minimum Gasteiger partial charge on any atom is -0.481 e. The smallest absolute Gasteiger partial charge is 0.481 e. The first-order valence-electron chi connectivity index (χ1n) is 10.9. The summed E-state index contributed by atoms with van der Waals surface area (Å²) in [5.74, 6) is -2.44. The summed E-state index contributed by atoms with van der Waals surface area (Å²) in [6.07, 6.45) is -6.37. The van der Waals surface area contributed by atoms with Gasteiger partial charge in [0.25, 0.3) is 11.9 Å². The molecule has 0 saturated carbocycles. The monoisotopic (exact) mass is 540 g/mol. The Kier molecular flexibility index (Phi) is 7.16. The van der Waals surface area contributed by atoms with E-state index in [-0.39, 0.29) is 24.9 Å². The number of amidine groups is 1. The van der Waals surface area contributed by atoms with Crippen LogP contribution in [0.5, 0.6) is 11.5 Å². The lowest BCUT2D eigenvalue weighted by molar-refractivity contribution is -0.274. The number of alkyl halides is 3. The maximum absolute atomic E-state index is 13.4. The van der Waals surface area contributed by atoms with Gasteiger partial charge in [0.1, 0.15) is 11.5 Å². The maximum atomic E-state index is 13.4. The topological polar surface area (TPSA) is 112 Å². The zero-order chi connectivity index (χ0) is 26.9. The minimum absolute atomic E-state index is 0.0515. The Balaban J connectivity index is 1.67. The average molecular weight is 541 g/mol. The van der Waals surface area contributed by atoms with Crippen LogP contribution in [-0.2, 0) is 16.1 Å². The van der Waals surface area contributed by atoms with Crippen LogP contribution >= 0.6 is 11.6 Å². The molecule has 2 aliphatic rings. The maximum Gasteiger partial charge on any atom is 0.573 e. The zero-order valence-electron chi connectivity index (χ0n) is 19.2. The molecule has 196 valence electrons. The van der Waals surface area contributed by atoms with Gasteiger partial charge in [0.05, 0.1) is 6.42 Å². The molecule has 0 aliphatic carbocycles. The highest BCUT2D eigenvalue weighted by atomic mass is 35.5. The highest BCUT2D eigenvalue weighted by molar-refractivity contribution is 6.30. The SMILES string of the molecule is CN1C(=O)N(CCC(=O)O)C(=O)C2C1N=C(Oc1cccc(OC(F)(F)F)c1)N2Cc1ccc(Cl)cc1. The predicted octanol–water partition coefficient (Wildman–Crippen LogP) is 3.55. The molecule has 2 unspecified atom stereocenters. The fourth-order valence-corrected chi connectivity index (χ4v) is 4.07. The van der Waals surface area contributed by atoms with Crippen LogP contribution in [0.25, 0.3) is 0 Å². The molecule has 1 fully saturated rings. The predicted molar refractivity (Wildman–Crippen MR) is 123 cm³/mol. The largest absolute Gasteiger partial charge is 0.573 e. The normalized spacial score (nSPS) is 19.6. The molecule has 2 aromatic rings. The van der Waals surface area contributed by atoms with Gasteiger partial charge in [-0.3, -0.25) is 14.5 Å². The summed E-state index contributed by atoms with van der Waals surface area (Å²) in [6, 6.07) is 9.52. The highest BCUT2D eigenvalue weighted by Gasteiger charge is 2.53. The highest BCUT2D eigenvalue weighted by Crippen LogP contribution is 2.32. The lowest BCUT2D eigenvalue weighted by Gasteiger charge is -2.41. The number of carbonyl (C=O) groups excluding carboxylic acids is 2. The van der Waals surface area contributed by atoms with Crippen molar-refractivity contribution < 1.29 is 42.1 Å². The van der Waals surface area contributed by atoms with Crippen molar-refractivity contribution in [3.05, 3.63) is 59.1 Å². The van der Waals surface area contributed by atoms with Crippen LogP contribution < -0.4 is 9.47 Å². The van der Waals surface area contributed by atoms with Gasteiger partial charge in [-0.25, -0.2) is 9.79 Å². The number of ether oxygens (including phenoxy) is 2. The van der Waals surface area contributed by atoms with Crippen LogP contribution in [0, 0.1) is 0 Å². The van der Waals surface area contributed by atoms with E-state index in [0.717, 1.165) is 17.0 Å². The van der Waals surface area contributed by atoms with Crippen molar-refractivity contribution in [3.63, 3.8) is 0 Å². The van der Waals surface area contributed by atoms with Gasteiger partial charge >= 0.3 is 18.4 Å². The lowest BCUT2D eigenvalue weighted by atomic mass is 10.1. The molecule has 3 amide bonds. The van der Waals surface area contributed by atoms with Crippen LogP contribution in [0.2, 0.25) is 5.02 Å². The van der Waals surface area contributed by atoms with Gasteiger partial charge in [-0.1, -0.05) is 29.8 Å². The molecule has 2 aromatic carbocycles. The summed E-state index contributed by atoms with van der Waals surface area (Å²) in [7, 11) is 1.41. The van der Waals surface area contributed by atoms with Crippen molar-refractivity contribution in [1.29, 1.82) is 0 Å². The second-order valence-corrected chi connectivity index (χ2v) is 8.61. The molecule has 0 aromatic heterocycles. The van der Waals surface area contributed by atoms with Crippen molar-refractivity contribution in [3.8, 4) is 11.5 Å². The fourth-order valence-electron chi connectivity index (χ4n) is 3.95. The van der Waals surface area contributed by atoms with Crippen molar-refractivity contribution in [1.82, 2.24) is 14.7 Å². The number of carboxylic acid groups (broad SMARTS) is 1. The minimum atomic E-state index is -4.91. The third kappa shape index (κ3) is 5.88. The van der Waals surface area contributed by atoms with Gasteiger partial charge in [-0.2, -0.15) is 0 Å². The van der Waals surface area contributed by atoms with Crippen molar-refractivity contribution in [2.24, 2.45) is 4.99 Å². The van der Waals surface area contributed by atoms with Crippen molar-refractivity contribution in [2.75, 3.05) is 13.6 Å². The molecule has 10 nitrogen and oxygen atoms in total. The number of imide groups is 1. The standard InChI is InChI=1S/C23H20ClF3N4O6/c1-29-19-18(20(34)30(22(29)35)10-9-17(32)33)31(12-13-5-7-14(24)8-6-13)21(28-19)36-15-3-2-4-16(11-15)37-23(25,26)27/h2-8,11,18-19H,9-10,12H2,1H3,(H,32,33). The number of benzene rings is 2. The van der Waals surface area contributed by atoms with Gasteiger partial charge in [0.2, 0.25) is 0 Å². The molecule has 0 radical (unpaired) electrons. The first-order chi connectivity index (χ1) is 17.4. The van der Waals surface area contributed by atoms with Crippen LogP contribution in [0.1, 0.15) is 12.0 Å². The Bertz CT molecular complexity index is 1240. The van der Waals surface area contributed by atoms with E-state index in [2.05, 4.69) is 9.73 Å². The van der Waals surface area contributed by atoms with Gasteiger partial charge < -0.3 is 24.4 Å². The number of aliphatic imine (C=N–C) groups is 1. The number of hydrogen-bond acceptors (Lipinski definition) is 7. The Labute approximate surface area is 213 Å². The van der Waals surface area contributed by atoms with E-state index < -0.39 is 48.6 Å². The summed E-state index contributed by atoms with van der Waals surface area (Å²) < 4.78 is 47.7. The summed E-state index contributed by atoms with van der Waals surface area (Å²) in [5.41, 5.74) is 0.694. The number of carboxylic acids is 1. The number of halogens is 4. The number of carbonyl (C=O) groups is 3. The molecule has 1 N–H and O–H groups in total. The molecule has 4 rings (SSSR count). The number of hydrogen-bond donors (Lipinski definition) is 1. The summed E-state index contributed by atoms with van der Waals surface area (Å²) >= 11 is 5.97. The Morgan fingerprint density at radius 3 is 2.46 bits per heavy atom. The first kappa shape index (κ1) is 26.1. The number of likely N-dealkylation sites (N-methyl/N-ethyl adjacent to an activating group) is 1. The average Bonchev–Trinajstić information content (AvgIpc) is 3.16. The molecule has 2 aliphatic heterocycles. The van der Waals surface area contributed by atoms with Crippen molar-refractivity contribution in [2.45, 2.75) is 31.5 Å². The molecule has 0 spiro atoms. The number of urea groups is 1. The van der Waals surface area contributed by atoms with Crippen molar-refractivity contribution >= 4 is 35.5 Å². The summed E-state index contributed by atoms with van der Waals surface area (Å²) in [4.78, 5) is 45.1. The molecule has 14 heteroatoms. The molecular weight excluding hydrogens is 521 g/mol. The van der Waals surface area contributed by atoms with Gasteiger partial charge in [-0.15, -0.1) is 13.2 Å². The Morgan fingerprint density at radius 1 is 1.14 bits per heavy atom. The van der Waals surface area contributed by atoms with Crippen LogP contribution in [0.4, 0.5) is 18.0 Å². The number of aliphatic carboxylic acids is 1. The molecular formula is C23H20ClF3N4O6. The number of rotatable bonds is 7. The molecule has 2 heterocycles. The van der Waals surface area contributed by atoms with Crippen LogP contribution in [0.15, 0.2) is 53.5 Å². The second kappa shape index (κ2) is 10.2. The van der Waals surface area contributed by atoms with Gasteiger partial charge in [-0.05, 0) is 29.8 Å². The van der Waals surface area contributed by atoms with Crippen LogP contribution in [-0.4, -0.2) is 75.9 Å². The number of nitrogens with zero attached hydrogens (tertiary/aromatic N) is 4. The molecule has 37 heavy (non-hydrogen) atoms. The number of fused-ring (bicyclic) bond motifs is 1. The van der Waals surface area contributed by atoms with E-state index in [0.29, 0.717) is 10.6 Å². The van der Waals surface area contributed by atoms with Gasteiger partial charge in [0.15, 0.2) is 12.2 Å². The first-order valence-corrected chi connectivity index (χ1v) is 11.2. The Morgan fingerprint density at radius 2 is 1.81 bits per heavy atom. The third-order valence-electron chi connectivity index (χ3n) is 5.62. The van der Waals surface area contributed by atoms with E-state index in [1.165, 1.54) is 29.0 Å². The summed E-state index contributed by atoms with van der Waals surface area (Å²) in [6.45, 7) is -0.279. The van der Waals surface area contributed by atoms with Crippen LogP contribution in [0.3, 0.4) is 0 Å². The quantitative estimate of drug-likeness (QED) is 0.571. The lowest BCUT2D eigenvalue weighted by Crippen LogP contribution is -2.65. The summed E-state index contributed by atoms with van der Waals surface area (Å²) in [5, 5.41) is 9.51. The van der Waals surface area contributed by atoms with Gasteiger partial charge in [0, 0.05) is 31.2 Å². The molecule has 1 saturated heterocycles. The molecule has 0 bridgehead atoms. The van der Waals surface area contributed by atoms with E-state index in [9.17, 15) is 27.6 Å². The van der Waals surface area contributed by atoms with E-state index in [1.807, 2.05) is 0 Å². The zero-order valence-corrected chi connectivity index (χ0v) is 19.9. The fraction of sp³-hybridized carbons (Fsp3) is 0.304.